The van der Waals surface area contributed by atoms with Crippen LogP contribution in [0.2, 0.25) is 16.6 Å². The molecule has 20 heavy (non-hydrogen) atoms. The quantitative estimate of drug-likeness (QED) is 0.319. The smallest absolute Gasteiger partial charge is 0.332 e. The number of carbonyl (C=O) groups excluding carboxylic acids is 1. The van der Waals surface area contributed by atoms with Crippen LogP contribution in [0, 0.1) is 0 Å². The average Bonchev–Trinajstić information content (AvgIpc) is 2.45. The molecule has 0 aromatic carbocycles. The third kappa shape index (κ3) is 4.21. The summed E-state index contributed by atoms with van der Waals surface area (Å²) in [5.41, 5.74) is 2.52. The Hall–Kier alpha value is -0.573. The van der Waals surface area contributed by atoms with Crippen LogP contribution in [0.3, 0.4) is 0 Å². The largest absolute Gasteiger partial charge is 0.466 e. The predicted molar refractivity (Wildman–Crippen MR) is 90.7 cm³/mol. The number of esters is 1. The predicted octanol–water partition coefficient (Wildman–Crippen LogP) is 5.49. The minimum absolute atomic E-state index is 0.225. The molecule has 0 spiro atoms. The van der Waals surface area contributed by atoms with Crippen molar-refractivity contribution in [2.45, 2.75) is 84.4 Å². The van der Waals surface area contributed by atoms with Gasteiger partial charge in [0, 0.05) is 5.57 Å². The van der Waals surface area contributed by atoms with Crippen molar-refractivity contribution in [3.63, 3.8) is 0 Å². The van der Waals surface area contributed by atoms with Crippen LogP contribution in [-0.2, 0) is 9.53 Å². The van der Waals surface area contributed by atoms with Crippen LogP contribution in [0.1, 0.15) is 67.7 Å². The lowest BCUT2D eigenvalue weighted by molar-refractivity contribution is -0.137. The summed E-state index contributed by atoms with van der Waals surface area (Å²) in [6.07, 6.45) is 4.17. The lowest BCUT2D eigenvalue weighted by atomic mass is 10.3. The van der Waals surface area contributed by atoms with Gasteiger partial charge < -0.3 is 4.74 Å². The summed E-state index contributed by atoms with van der Waals surface area (Å²) >= 11 is 0. The molecule has 0 N–H and O–H groups in total. The van der Waals surface area contributed by atoms with Gasteiger partial charge in [-0.15, -0.1) is 0 Å². The van der Waals surface area contributed by atoms with Crippen LogP contribution >= 0.6 is 0 Å². The molecule has 3 atom stereocenters. The average molecular weight is 299 g/mol. The Morgan fingerprint density at radius 1 is 1.00 bits per heavy atom. The molecule has 0 amide bonds. The molecule has 3 heteroatoms. The zero-order valence-electron chi connectivity index (χ0n) is 14.6. The zero-order valence-corrected chi connectivity index (χ0v) is 15.6. The van der Waals surface area contributed by atoms with Crippen LogP contribution in [0.15, 0.2) is 12.2 Å². The van der Waals surface area contributed by atoms with Gasteiger partial charge in [-0.2, -0.15) is 0 Å². The number of carbonyl (C=O) groups is 1. The van der Waals surface area contributed by atoms with E-state index in [1.54, 1.807) is 6.92 Å². The Kier molecular flexibility index (Phi) is 8.41. The molecule has 0 saturated carbocycles. The molecule has 0 aliphatic carbocycles. The minimum Gasteiger partial charge on any atom is -0.466 e. The molecular formula is C17H34O2Si. The third-order valence-corrected chi connectivity index (χ3v) is 12.8. The summed E-state index contributed by atoms with van der Waals surface area (Å²) in [6.45, 7) is 19.3. The van der Waals surface area contributed by atoms with Gasteiger partial charge in [-0.05, 0) is 23.5 Å². The molecule has 0 fully saturated rings. The first kappa shape index (κ1) is 19.4. The van der Waals surface area contributed by atoms with Crippen LogP contribution in [0.5, 0.6) is 0 Å². The van der Waals surface area contributed by atoms with E-state index in [0.29, 0.717) is 28.4 Å². The molecule has 0 radical (unpaired) electrons. The van der Waals surface area contributed by atoms with Gasteiger partial charge in [-0.1, -0.05) is 67.4 Å². The maximum Gasteiger partial charge on any atom is 0.332 e. The van der Waals surface area contributed by atoms with Gasteiger partial charge in [-0.25, -0.2) is 4.79 Å². The van der Waals surface area contributed by atoms with Gasteiger partial charge in [0.25, 0.3) is 0 Å². The van der Waals surface area contributed by atoms with Crippen LogP contribution < -0.4 is 0 Å². The van der Waals surface area contributed by atoms with E-state index in [2.05, 4.69) is 48.1 Å². The topological polar surface area (TPSA) is 26.3 Å². The SMILES string of the molecule is C=C(C)C(=O)OC[Si](C(C)CC)(C(C)CC)C(C)CC. The van der Waals surface area contributed by atoms with Crippen molar-refractivity contribution in [1.29, 1.82) is 0 Å². The molecule has 0 bridgehead atoms. The first-order valence-electron chi connectivity index (χ1n) is 8.10. The Morgan fingerprint density at radius 2 is 1.35 bits per heavy atom. The highest BCUT2D eigenvalue weighted by Gasteiger charge is 2.47. The molecule has 0 rings (SSSR count). The molecule has 0 aromatic rings. The fraction of sp³-hybridized carbons (Fsp3) is 0.824. The highest BCUT2D eigenvalue weighted by atomic mass is 28.3. The number of hydrogen-bond donors (Lipinski definition) is 0. The van der Waals surface area contributed by atoms with Crippen molar-refractivity contribution in [2.24, 2.45) is 0 Å². The van der Waals surface area contributed by atoms with Gasteiger partial charge in [0.15, 0.2) is 0 Å². The molecule has 0 heterocycles. The van der Waals surface area contributed by atoms with E-state index in [-0.39, 0.29) is 5.97 Å². The summed E-state index contributed by atoms with van der Waals surface area (Å²) in [6, 6.07) is 0. The summed E-state index contributed by atoms with van der Waals surface area (Å²) in [7, 11) is -1.70. The summed E-state index contributed by atoms with van der Waals surface area (Å²) in [5.74, 6) is -0.225. The van der Waals surface area contributed by atoms with E-state index >= 15 is 0 Å². The molecule has 0 aromatic heterocycles. The monoisotopic (exact) mass is 298 g/mol. The van der Waals surface area contributed by atoms with Crippen molar-refractivity contribution in [3.05, 3.63) is 12.2 Å². The van der Waals surface area contributed by atoms with E-state index in [1.807, 2.05) is 0 Å². The first-order valence-corrected chi connectivity index (χ1v) is 10.5. The number of rotatable bonds is 9. The highest BCUT2D eigenvalue weighted by Crippen LogP contribution is 2.46. The fourth-order valence-corrected chi connectivity index (χ4v) is 9.77. The Labute approximate surface area is 127 Å². The highest BCUT2D eigenvalue weighted by molar-refractivity contribution is 6.83. The zero-order chi connectivity index (χ0) is 15.9. The van der Waals surface area contributed by atoms with E-state index in [4.69, 9.17) is 4.74 Å². The van der Waals surface area contributed by atoms with Crippen molar-refractivity contribution in [2.75, 3.05) is 6.23 Å². The Morgan fingerprint density at radius 3 is 1.60 bits per heavy atom. The van der Waals surface area contributed by atoms with Gasteiger partial charge in [-0.3, -0.25) is 0 Å². The third-order valence-electron chi connectivity index (χ3n) is 5.39. The van der Waals surface area contributed by atoms with Crippen molar-refractivity contribution in [1.82, 2.24) is 0 Å². The Bertz CT molecular complexity index is 298. The van der Waals surface area contributed by atoms with E-state index in [9.17, 15) is 4.79 Å². The van der Waals surface area contributed by atoms with Gasteiger partial charge in [0.1, 0.15) is 8.07 Å². The van der Waals surface area contributed by atoms with E-state index < -0.39 is 8.07 Å². The molecule has 0 aliphatic heterocycles. The van der Waals surface area contributed by atoms with Crippen molar-refractivity contribution >= 4 is 14.0 Å². The lowest BCUT2D eigenvalue weighted by Gasteiger charge is -2.45. The summed E-state index contributed by atoms with van der Waals surface area (Å²) in [5, 5.41) is 0. The molecule has 2 nitrogen and oxygen atoms in total. The Balaban J connectivity index is 5.38. The standard InChI is InChI=1S/C17H34O2Si/c1-9-14(6)20(15(7)10-2,16(8)11-3)12-19-17(18)13(4)5/h14-16H,4,9-12H2,1-3,5-8H3. The minimum atomic E-state index is -1.70. The molecule has 3 unspecified atom stereocenters. The van der Waals surface area contributed by atoms with E-state index in [1.165, 1.54) is 19.3 Å². The second kappa shape index (κ2) is 8.66. The lowest BCUT2D eigenvalue weighted by Crippen LogP contribution is -2.51. The summed E-state index contributed by atoms with van der Waals surface area (Å²) < 4.78 is 5.66. The summed E-state index contributed by atoms with van der Waals surface area (Å²) in [4.78, 5) is 11.8. The number of ether oxygens (including phenoxy) is 1. The maximum atomic E-state index is 11.8. The van der Waals surface area contributed by atoms with Crippen molar-refractivity contribution < 1.29 is 9.53 Å². The maximum absolute atomic E-state index is 11.8. The van der Waals surface area contributed by atoms with E-state index in [0.717, 1.165) is 0 Å². The fourth-order valence-electron chi connectivity index (χ4n) is 3.34. The number of hydrogen-bond acceptors (Lipinski definition) is 2. The van der Waals surface area contributed by atoms with Gasteiger partial charge >= 0.3 is 5.97 Å². The van der Waals surface area contributed by atoms with Crippen LogP contribution in [-0.4, -0.2) is 20.3 Å². The van der Waals surface area contributed by atoms with Crippen LogP contribution in [0.25, 0.3) is 0 Å². The molecule has 118 valence electrons. The second-order valence-corrected chi connectivity index (χ2v) is 11.9. The molecule has 0 saturated heterocycles. The normalized spacial score (nSPS) is 18.8. The first-order chi connectivity index (χ1) is 9.27. The molecular weight excluding hydrogens is 264 g/mol. The second-order valence-electron chi connectivity index (χ2n) is 6.40. The van der Waals surface area contributed by atoms with Crippen molar-refractivity contribution in [3.8, 4) is 0 Å². The van der Waals surface area contributed by atoms with Gasteiger partial charge in [0.2, 0.25) is 0 Å². The van der Waals surface area contributed by atoms with Crippen LogP contribution in [0.4, 0.5) is 0 Å². The molecule has 0 aliphatic rings. The van der Waals surface area contributed by atoms with Gasteiger partial charge in [0.05, 0.1) is 6.23 Å².